The van der Waals surface area contributed by atoms with Gasteiger partial charge in [0.05, 0.1) is 32.2 Å². The number of aryl methyl sites for hydroxylation is 1. The normalized spacial score (nSPS) is 10.5. The van der Waals surface area contributed by atoms with Crippen LogP contribution in [0.1, 0.15) is 34.5 Å². The molecule has 0 unspecified atom stereocenters. The van der Waals surface area contributed by atoms with Crippen LogP contribution in [0.2, 0.25) is 0 Å². The van der Waals surface area contributed by atoms with Crippen molar-refractivity contribution in [2.75, 3.05) is 14.2 Å². The summed E-state index contributed by atoms with van der Waals surface area (Å²) in [6.07, 6.45) is 0.625. The largest absolute Gasteiger partial charge is 0.497 e. The molecule has 21 heavy (non-hydrogen) atoms. The number of carbonyl (C=O) groups excluding carboxylic acids is 1. The Morgan fingerprint density at radius 2 is 2.10 bits per heavy atom. The molecule has 0 saturated heterocycles. The van der Waals surface area contributed by atoms with E-state index >= 15 is 0 Å². The molecule has 7 heteroatoms. The Labute approximate surface area is 122 Å². The Hall–Kier alpha value is -2.44. The average molecular weight is 290 g/mol. The highest BCUT2D eigenvalue weighted by Crippen LogP contribution is 2.15. The zero-order valence-electron chi connectivity index (χ0n) is 12.6. The number of aromatic nitrogens is 4. The molecule has 0 N–H and O–H groups in total. The van der Waals surface area contributed by atoms with Crippen LogP contribution in [0.4, 0.5) is 0 Å². The van der Waals surface area contributed by atoms with Crippen LogP contribution in [-0.2, 0) is 17.7 Å². The van der Waals surface area contributed by atoms with Crippen molar-refractivity contribution in [2.45, 2.75) is 26.8 Å². The standard InChI is InChI=1S/C14H18N4O3/c1-5-12-13(14(19)21-4)16-17-18(12)8-10-7-11(20-3)6-9(2)15-10/h6-7H,5,8H2,1-4H3. The summed E-state index contributed by atoms with van der Waals surface area (Å²) in [5.74, 6) is 0.261. The summed E-state index contributed by atoms with van der Waals surface area (Å²) >= 11 is 0. The van der Waals surface area contributed by atoms with Crippen LogP contribution < -0.4 is 4.74 Å². The number of hydrogen-bond donors (Lipinski definition) is 0. The van der Waals surface area contributed by atoms with Crippen LogP contribution in [0, 0.1) is 6.92 Å². The number of carbonyl (C=O) groups is 1. The predicted molar refractivity (Wildman–Crippen MR) is 75.4 cm³/mol. The van der Waals surface area contributed by atoms with Gasteiger partial charge in [-0.1, -0.05) is 12.1 Å². The van der Waals surface area contributed by atoms with Gasteiger partial charge in [0.1, 0.15) is 5.75 Å². The van der Waals surface area contributed by atoms with Gasteiger partial charge in [0.15, 0.2) is 5.69 Å². The molecule has 2 aromatic rings. The average Bonchev–Trinajstić information content (AvgIpc) is 2.88. The van der Waals surface area contributed by atoms with Gasteiger partial charge < -0.3 is 9.47 Å². The molecule has 0 aliphatic rings. The van der Waals surface area contributed by atoms with E-state index in [0.29, 0.717) is 13.0 Å². The SMILES string of the molecule is CCc1c(C(=O)OC)nnn1Cc1cc(OC)cc(C)n1. The van der Waals surface area contributed by atoms with Crippen LogP contribution in [0.3, 0.4) is 0 Å². The number of nitrogens with zero attached hydrogens (tertiary/aromatic N) is 4. The fraction of sp³-hybridized carbons (Fsp3) is 0.429. The molecule has 0 aromatic carbocycles. The second-order valence-corrected chi connectivity index (χ2v) is 4.53. The molecule has 0 amide bonds. The zero-order valence-corrected chi connectivity index (χ0v) is 12.6. The van der Waals surface area contributed by atoms with Crippen molar-refractivity contribution in [1.82, 2.24) is 20.0 Å². The number of rotatable bonds is 5. The molecule has 0 bridgehead atoms. The van der Waals surface area contributed by atoms with Crippen molar-refractivity contribution < 1.29 is 14.3 Å². The summed E-state index contributed by atoms with van der Waals surface area (Å²) in [6.45, 7) is 4.26. The van der Waals surface area contributed by atoms with Gasteiger partial charge in [0.2, 0.25) is 0 Å². The minimum Gasteiger partial charge on any atom is -0.497 e. The molecule has 0 atom stereocenters. The molecule has 0 spiro atoms. The molecular formula is C14H18N4O3. The molecule has 0 aliphatic carbocycles. The summed E-state index contributed by atoms with van der Waals surface area (Å²) in [5.41, 5.74) is 2.63. The van der Waals surface area contributed by atoms with Gasteiger partial charge in [-0.2, -0.15) is 0 Å². The first kappa shape index (κ1) is 15.0. The fourth-order valence-electron chi connectivity index (χ4n) is 2.12. The van der Waals surface area contributed by atoms with Gasteiger partial charge in [-0.3, -0.25) is 4.98 Å². The quantitative estimate of drug-likeness (QED) is 0.774. The third-order valence-corrected chi connectivity index (χ3v) is 3.08. The number of ether oxygens (including phenoxy) is 2. The van der Waals surface area contributed by atoms with E-state index in [1.54, 1.807) is 11.8 Å². The van der Waals surface area contributed by atoms with Crippen LogP contribution in [0.5, 0.6) is 5.75 Å². The third-order valence-electron chi connectivity index (χ3n) is 3.08. The van der Waals surface area contributed by atoms with Gasteiger partial charge in [0.25, 0.3) is 0 Å². The van der Waals surface area contributed by atoms with Crippen molar-refractivity contribution >= 4 is 5.97 Å². The Kier molecular flexibility index (Phi) is 4.52. The van der Waals surface area contributed by atoms with Gasteiger partial charge in [0, 0.05) is 17.8 Å². The lowest BCUT2D eigenvalue weighted by atomic mass is 10.2. The van der Waals surface area contributed by atoms with Crippen molar-refractivity contribution in [1.29, 1.82) is 0 Å². The molecule has 112 valence electrons. The Morgan fingerprint density at radius 1 is 1.33 bits per heavy atom. The minimum absolute atomic E-state index is 0.250. The van der Waals surface area contributed by atoms with E-state index < -0.39 is 5.97 Å². The highest BCUT2D eigenvalue weighted by Gasteiger charge is 2.19. The maximum Gasteiger partial charge on any atom is 0.360 e. The van der Waals surface area contributed by atoms with Crippen molar-refractivity contribution in [2.24, 2.45) is 0 Å². The summed E-state index contributed by atoms with van der Waals surface area (Å²) in [7, 11) is 2.94. The molecule has 2 rings (SSSR count). The number of esters is 1. The Balaban J connectivity index is 2.33. The molecule has 2 aromatic heterocycles. The Morgan fingerprint density at radius 3 is 2.71 bits per heavy atom. The lowest BCUT2D eigenvalue weighted by molar-refractivity contribution is 0.0592. The lowest BCUT2D eigenvalue weighted by Gasteiger charge is -2.08. The predicted octanol–water partition coefficient (Wildman–Crippen LogP) is 1.39. The summed E-state index contributed by atoms with van der Waals surface area (Å²) in [4.78, 5) is 16.1. The van der Waals surface area contributed by atoms with Crippen LogP contribution in [-0.4, -0.2) is 40.2 Å². The molecule has 0 aliphatic heterocycles. The topological polar surface area (TPSA) is 79.1 Å². The van der Waals surface area contributed by atoms with Crippen LogP contribution >= 0.6 is 0 Å². The minimum atomic E-state index is -0.479. The van der Waals surface area contributed by atoms with E-state index in [2.05, 4.69) is 15.3 Å². The van der Waals surface area contributed by atoms with Gasteiger partial charge in [-0.25, -0.2) is 9.48 Å². The third kappa shape index (κ3) is 3.18. The molecule has 0 saturated carbocycles. The molecule has 2 heterocycles. The first-order valence-electron chi connectivity index (χ1n) is 6.61. The van der Waals surface area contributed by atoms with Crippen LogP contribution in [0.25, 0.3) is 0 Å². The lowest BCUT2D eigenvalue weighted by Crippen LogP contribution is -2.11. The van der Waals surface area contributed by atoms with E-state index in [0.717, 1.165) is 22.8 Å². The van der Waals surface area contributed by atoms with Crippen molar-refractivity contribution in [3.63, 3.8) is 0 Å². The van der Waals surface area contributed by atoms with E-state index in [-0.39, 0.29) is 5.69 Å². The Bertz CT molecular complexity index is 652. The molecular weight excluding hydrogens is 272 g/mol. The first-order valence-corrected chi connectivity index (χ1v) is 6.61. The summed E-state index contributed by atoms with van der Waals surface area (Å²) < 4.78 is 11.6. The summed E-state index contributed by atoms with van der Waals surface area (Å²) in [5, 5.41) is 7.92. The van der Waals surface area contributed by atoms with E-state index in [1.165, 1.54) is 7.11 Å². The highest BCUT2D eigenvalue weighted by molar-refractivity contribution is 5.88. The number of methoxy groups -OCH3 is 2. The monoisotopic (exact) mass is 290 g/mol. The number of pyridine rings is 1. The molecule has 0 radical (unpaired) electrons. The molecule has 7 nitrogen and oxygen atoms in total. The maximum absolute atomic E-state index is 11.6. The van der Waals surface area contributed by atoms with Gasteiger partial charge >= 0.3 is 5.97 Å². The summed E-state index contributed by atoms with van der Waals surface area (Å²) in [6, 6.07) is 3.69. The first-order chi connectivity index (χ1) is 10.1. The van der Waals surface area contributed by atoms with Crippen LogP contribution in [0.15, 0.2) is 12.1 Å². The van der Waals surface area contributed by atoms with Gasteiger partial charge in [-0.15, -0.1) is 5.10 Å². The van der Waals surface area contributed by atoms with E-state index in [9.17, 15) is 4.79 Å². The zero-order chi connectivity index (χ0) is 15.4. The fourth-order valence-corrected chi connectivity index (χ4v) is 2.12. The van der Waals surface area contributed by atoms with E-state index in [4.69, 9.17) is 9.47 Å². The number of hydrogen-bond acceptors (Lipinski definition) is 6. The van der Waals surface area contributed by atoms with Gasteiger partial charge in [-0.05, 0) is 13.3 Å². The highest BCUT2D eigenvalue weighted by atomic mass is 16.5. The van der Waals surface area contributed by atoms with Crippen molar-refractivity contribution in [3.8, 4) is 5.75 Å². The molecule has 0 fully saturated rings. The van der Waals surface area contributed by atoms with E-state index in [1.807, 2.05) is 26.0 Å². The second-order valence-electron chi connectivity index (χ2n) is 4.53. The second kappa shape index (κ2) is 6.34. The van der Waals surface area contributed by atoms with Crippen molar-refractivity contribution in [3.05, 3.63) is 34.9 Å². The smallest absolute Gasteiger partial charge is 0.360 e. The maximum atomic E-state index is 11.6.